The quantitative estimate of drug-likeness (QED) is 0.578. The number of carbonyl (C=O) groups excluding carboxylic acids is 1. The molecule has 1 atom stereocenters. The van der Waals surface area contributed by atoms with Crippen LogP contribution in [0.25, 0.3) is 11.6 Å². The Morgan fingerprint density at radius 3 is 2.62 bits per heavy atom. The minimum absolute atomic E-state index is 0.0193. The van der Waals surface area contributed by atoms with Gasteiger partial charge < -0.3 is 4.90 Å². The summed E-state index contributed by atoms with van der Waals surface area (Å²) in [5, 5.41) is 0. The van der Waals surface area contributed by atoms with Crippen LogP contribution in [0.4, 0.5) is 8.78 Å². The van der Waals surface area contributed by atoms with Crippen molar-refractivity contribution in [1.29, 1.82) is 0 Å². The van der Waals surface area contributed by atoms with Crippen LogP contribution in [0.5, 0.6) is 0 Å². The van der Waals surface area contributed by atoms with Gasteiger partial charge in [-0.15, -0.1) is 0 Å². The Morgan fingerprint density at radius 2 is 2.00 bits per heavy atom. The largest absolute Gasteiger partial charge is 0.345 e. The topological polar surface area (TPSA) is 36.4 Å². The van der Waals surface area contributed by atoms with E-state index < -0.39 is 17.5 Å². The Morgan fingerprint density at radius 1 is 1.28 bits per heavy atom. The number of fused-ring (bicyclic) bond motifs is 1. The van der Waals surface area contributed by atoms with E-state index in [1.165, 1.54) is 10.5 Å². The Labute approximate surface area is 195 Å². The van der Waals surface area contributed by atoms with Crippen LogP contribution in [-0.2, 0) is 6.42 Å². The van der Waals surface area contributed by atoms with Gasteiger partial charge in [0, 0.05) is 66.8 Å². The molecule has 1 aliphatic carbocycles. The summed E-state index contributed by atoms with van der Waals surface area (Å²) in [5.41, 5.74) is 4.25. The van der Waals surface area contributed by atoms with Crippen molar-refractivity contribution in [3.05, 3.63) is 74.5 Å². The first-order chi connectivity index (χ1) is 15.2. The minimum atomic E-state index is -0.688. The van der Waals surface area contributed by atoms with Gasteiger partial charge >= 0.3 is 0 Å². The van der Waals surface area contributed by atoms with Crippen molar-refractivity contribution < 1.29 is 13.6 Å². The molecular weight excluding hydrogens is 476 g/mol. The predicted octanol–water partition coefficient (Wildman–Crippen LogP) is 5.19. The zero-order valence-corrected chi connectivity index (χ0v) is 20.0. The zero-order valence-electron chi connectivity index (χ0n) is 18.5. The molecule has 1 aromatic heterocycles. The Hall–Kier alpha value is -2.38. The maximum atomic E-state index is 14.7. The molecule has 4 rings (SSSR count). The molecule has 2 aliphatic rings. The summed E-state index contributed by atoms with van der Waals surface area (Å²) in [6, 6.07) is 4.22. The van der Waals surface area contributed by atoms with Crippen molar-refractivity contribution >= 4 is 33.5 Å². The highest BCUT2D eigenvalue weighted by Gasteiger charge is 2.25. The minimum Gasteiger partial charge on any atom is -0.345 e. The van der Waals surface area contributed by atoms with Gasteiger partial charge in [0.15, 0.2) is 0 Å². The van der Waals surface area contributed by atoms with Gasteiger partial charge in [0.2, 0.25) is 0 Å². The highest BCUT2D eigenvalue weighted by molar-refractivity contribution is 9.10. The highest BCUT2D eigenvalue weighted by Crippen LogP contribution is 2.33. The lowest BCUT2D eigenvalue weighted by atomic mass is 9.86. The number of hydrogen-bond acceptors (Lipinski definition) is 3. The molecule has 168 valence electrons. The number of amides is 1. The second-order valence-corrected chi connectivity index (χ2v) is 9.56. The molecule has 1 unspecified atom stereocenters. The standard InChI is InChI=1S/C25H26BrF2N3O/c1-15-10-23-19(20(26)4-7-29-23)11-18(15)14-31-8-5-16(6-9-31)24-21(27)12-17(13-22(24)28)25(32)30(2)3/h4-5,7,11-13,15H,6,8-10,14H2,1-3H3. The van der Waals surface area contributed by atoms with Gasteiger partial charge in [-0.3, -0.25) is 14.7 Å². The monoisotopic (exact) mass is 501 g/mol. The van der Waals surface area contributed by atoms with Crippen molar-refractivity contribution in [2.24, 2.45) is 5.92 Å². The van der Waals surface area contributed by atoms with Gasteiger partial charge in [0.1, 0.15) is 11.6 Å². The fraction of sp³-hybridized carbons (Fsp3) is 0.360. The molecular formula is C25H26BrF2N3O. The number of carbonyl (C=O) groups is 1. The fourth-order valence-corrected chi connectivity index (χ4v) is 4.82. The number of pyridine rings is 1. The SMILES string of the molecule is CC1Cc2nccc(Br)c2C=C1CN1CC=C(c2c(F)cc(C(=O)N(C)C)cc2F)CC1. The average Bonchev–Trinajstić information content (AvgIpc) is 2.75. The second kappa shape index (κ2) is 9.24. The van der Waals surface area contributed by atoms with E-state index in [2.05, 4.69) is 38.8 Å². The molecule has 0 N–H and O–H groups in total. The maximum Gasteiger partial charge on any atom is 0.253 e. The first-order valence-corrected chi connectivity index (χ1v) is 11.5. The van der Waals surface area contributed by atoms with E-state index in [1.54, 1.807) is 14.1 Å². The normalized spacial score (nSPS) is 18.6. The van der Waals surface area contributed by atoms with E-state index in [4.69, 9.17) is 0 Å². The van der Waals surface area contributed by atoms with Crippen molar-refractivity contribution in [3.63, 3.8) is 0 Å². The summed E-state index contributed by atoms with van der Waals surface area (Å²) >= 11 is 3.62. The Kier molecular flexibility index (Phi) is 6.58. The van der Waals surface area contributed by atoms with Gasteiger partial charge in [-0.2, -0.15) is 0 Å². The van der Waals surface area contributed by atoms with E-state index in [-0.39, 0.29) is 11.1 Å². The molecule has 0 saturated heterocycles. The van der Waals surface area contributed by atoms with Crippen LogP contribution in [0.1, 0.15) is 40.5 Å². The summed E-state index contributed by atoms with van der Waals surface area (Å²) in [6.45, 7) is 4.36. The van der Waals surface area contributed by atoms with Crippen LogP contribution in [0.3, 0.4) is 0 Å². The van der Waals surface area contributed by atoms with Crippen LogP contribution in [0, 0.1) is 17.6 Å². The van der Waals surface area contributed by atoms with Crippen molar-refractivity contribution in [2.45, 2.75) is 19.8 Å². The highest BCUT2D eigenvalue weighted by atomic mass is 79.9. The van der Waals surface area contributed by atoms with Crippen LogP contribution in [-0.4, -0.2) is 54.4 Å². The molecule has 1 aliphatic heterocycles. The van der Waals surface area contributed by atoms with Gasteiger partial charge in [-0.05, 0) is 42.5 Å². The van der Waals surface area contributed by atoms with E-state index in [1.807, 2.05) is 18.3 Å². The van der Waals surface area contributed by atoms with Gasteiger partial charge in [-0.1, -0.05) is 40.6 Å². The molecule has 2 heterocycles. The van der Waals surface area contributed by atoms with Crippen LogP contribution < -0.4 is 0 Å². The molecule has 0 fully saturated rings. The van der Waals surface area contributed by atoms with Crippen molar-refractivity contribution in [1.82, 2.24) is 14.8 Å². The molecule has 4 nitrogen and oxygen atoms in total. The number of rotatable bonds is 4. The number of aromatic nitrogens is 1. The molecule has 0 spiro atoms. The van der Waals surface area contributed by atoms with E-state index in [9.17, 15) is 13.6 Å². The summed E-state index contributed by atoms with van der Waals surface area (Å²) in [5.74, 6) is -1.40. The smallest absolute Gasteiger partial charge is 0.253 e. The van der Waals surface area contributed by atoms with E-state index in [0.717, 1.165) is 40.8 Å². The molecule has 32 heavy (non-hydrogen) atoms. The molecule has 2 aromatic rings. The predicted molar refractivity (Wildman–Crippen MR) is 126 cm³/mol. The van der Waals surface area contributed by atoms with Crippen LogP contribution in [0.2, 0.25) is 0 Å². The molecule has 1 aromatic carbocycles. The molecule has 0 radical (unpaired) electrons. The lowest BCUT2D eigenvalue weighted by molar-refractivity contribution is 0.0826. The van der Waals surface area contributed by atoms with Crippen LogP contribution in [0.15, 0.2) is 40.5 Å². The Bertz CT molecular complexity index is 1100. The number of halogens is 3. The lowest BCUT2D eigenvalue weighted by Crippen LogP contribution is -2.32. The van der Waals surface area contributed by atoms with Crippen molar-refractivity contribution in [2.75, 3.05) is 33.7 Å². The summed E-state index contributed by atoms with van der Waals surface area (Å²) in [6.07, 6.45) is 7.41. The first kappa shape index (κ1) is 22.8. The summed E-state index contributed by atoms with van der Waals surface area (Å²) in [4.78, 5) is 20.2. The number of benzene rings is 1. The lowest BCUT2D eigenvalue weighted by Gasteiger charge is -2.31. The van der Waals surface area contributed by atoms with Gasteiger partial charge in [0.05, 0.1) is 0 Å². The molecule has 0 bridgehead atoms. The van der Waals surface area contributed by atoms with Crippen LogP contribution >= 0.6 is 15.9 Å². The molecule has 7 heteroatoms. The van der Waals surface area contributed by atoms with E-state index >= 15 is 0 Å². The third kappa shape index (κ3) is 4.55. The number of nitrogens with zero attached hydrogens (tertiary/aromatic N) is 3. The average molecular weight is 502 g/mol. The Balaban J connectivity index is 1.50. The second-order valence-electron chi connectivity index (χ2n) is 8.71. The van der Waals surface area contributed by atoms with Crippen molar-refractivity contribution in [3.8, 4) is 0 Å². The third-order valence-electron chi connectivity index (χ3n) is 6.20. The van der Waals surface area contributed by atoms with Gasteiger partial charge in [-0.25, -0.2) is 8.78 Å². The third-order valence-corrected chi connectivity index (χ3v) is 6.89. The first-order valence-electron chi connectivity index (χ1n) is 10.7. The van der Waals surface area contributed by atoms with E-state index in [0.29, 0.717) is 31.0 Å². The summed E-state index contributed by atoms with van der Waals surface area (Å²) < 4.78 is 30.5. The summed E-state index contributed by atoms with van der Waals surface area (Å²) in [7, 11) is 3.11. The zero-order chi connectivity index (χ0) is 23.0. The maximum absolute atomic E-state index is 14.7. The number of hydrogen-bond donors (Lipinski definition) is 0. The fourth-order valence-electron chi connectivity index (χ4n) is 4.36. The molecule has 1 amide bonds. The molecule has 0 saturated carbocycles. The van der Waals surface area contributed by atoms with Gasteiger partial charge in [0.25, 0.3) is 5.91 Å².